The van der Waals surface area contributed by atoms with Crippen molar-refractivity contribution in [2.24, 2.45) is 9.39 Å². The standard InChI is InChI=1S/C24H24N4O5S2/c1-3-35(30,31)24-27-34-23-26-22(29)19(21(25)28(23)24)15-17-9-11-18(12-10-17)32-13-6-14-33-20-8-5-4-7-16(20)2/h4-5,7-12,15,25H,3,6,13-14H2,1-2H3/b19-15-,25-21?. The van der Waals surface area contributed by atoms with Crippen molar-refractivity contribution < 1.29 is 22.7 Å². The quantitative estimate of drug-likeness (QED) is 0.324. The predicted molar refractivity (Wildman–Crippen MR) is 138 cm³/mol. The summed E-state index contributed by atoms with van der Waals surface area (Å²) in [5.41, 5.74) is 1.72. The molecule has 9 nitrogen and oxygen atoms in total. The summed E-state index contributed by atoms with van der Waals surface area (Å²) in [5, 5.41) is 8.24. The minimum absolute atomic E-state index is 0.0164. The Hall–Kier alpha value is -3.44. The van der Waals surface area contributed by atoms with E-state index in [1.165, 1.54) is 13.0 Å². The molecule has 0 aliphatic carbocycles. The van der Waals surface area contributed by atoms with Crippen LogP contribution >= 0.6 is 11.9 Å². The van der Waals surface area contributed by atoms with Crippen LogP contribution in [0.3, 0.4) is 0 Å². The highest BCUT2D eigenvalue weighted by Crippen LogP contribution is 2.30. The number of sulfone groups is 1. The molecule has 0 spiro atoms. The zero-order valence-electron chi connectivity index (χ0n) is 19.2. The summed E-state index contributed by atoms with van der Waals surface area (Å²) in [5.74, 6) is 0.466. The van der Waals surface area contributed by atoms with E-state index in [-0.39, 0.29) is 27.5 Å². The lowest BCUT2D eigenvalue weighted by molar-refractivity contribution is -0.114. The first-order valence-corrected chi connectivity index (χ1v) is 13.4. The van der Waals surface area contributed by atoms with Crippen molar-refractivity contribution in [3.8, 4) is 11.5 Å². The Labute approximate surface area is 208 Å². The van der Waals surface area contributed by atoms with Gasteiger partial charge in [-0.15, -0.1) is 0 Å². The molecule has 2 aromatic carbocycles. The second-order valence-corrected chi connectivity index (χ2v) is 10.6. The lowest BCUT2D eigenvalue weighted by Gasteiger charge is -2.24. The Kier molecular flexibility index (Phi) is 7.37. The van der Waals surface area contributed by atoms with Crippen molar-refractivity contribution >= 4 is 49.9 Å². The highest BCUT2D eigenvalue weighted by atomic mass is 32.2. The number of amidine groups is 3. The normalized spacial score (nSPS) is 16.7. The summed E-state index contributed by atoms with van der Waals surface area (Å²) < 4.78 is 40.1. The Balaban J connectivity index is 1.37. The molecule has 1 N–H and O–H groups in total. The van der Waals surface area contributed by atoms with Gasteiger partial charge in [-0.2, -0.15) is 9.39 Å². The van der Waals surface area contributed by atoms with E-state index in [2.05, 4.69) is 9.39 Å². The van der Waals surface area contributed by atoms with Crippen molar-refractivity contribution in [2.75, 3.05) is 19.0 Å². The van der Waals surface area contributed by atoms with Gasteiger partial charge in [0.2, 0.25) is 20.2 Å². The molecule has 0 saturated heterocycles. The molecular formula is C24H24N4O5S2. The van der Waals surface area contributed by atoms with Crippen LogP contribution in [0.5, 0.6) is 11.5 Å². The van der Waals surface area contributed by atoms with E-state index in [0.717, 1.165) is 28.2 Å². The molecule has 2 heterocycles. The second-order valence-electron chi connectivity index (χ2n) is 7.70. The van der Waals surface area contributed by atoms with Crippen molar-refractivity contribution in [2.45, 2.75) is 20.3 Å². The molecular weight excluding hydrogens is 488 g/mol. The summed E-state index contributed by atoms with van der Waals surface area (Å²) >= 11 is 0.775. The SMILES string of the molecule is CCS(=O)(=O)C1=NSC2=NC(=O)/C(=C\c3ccc(OCCCOc4ccccc4C)cc3)C(=N)N21. The van der Waals surface area contributed by atoms with Gasteiger partial charge in [-0.3, -0.25) is 10.2 Å². The average molecular weight is 513 g/mol. The molecule has 35 heavy (non-hydrogen) atoms. The number of aryl methyl sites for hydroxylation is 1. The minimum atomic E-state index is -3.68. The van der Waals surface area contributed by atoms with E-state index >= 15 is 0 Å². The van der Waals surface area contributed by atoms with Gasteiger partial charge in [0.05, 0.1) is 36.5 Å². The van der Waals surface area contributed by atoms with Gasteiger partial charge in [-0.25, -0.2) is 13.3 Å². The molecule has 0 aromatic heterocycles. The third-order valence-electron chi connectivity index (χ3n) is 5.25. The number of hydrogen-bond acceptors (Lipinski definition) is 8. The number of fused-ring (bicyclic) bond motifs is 1. The van der Waals surface area contributed by atoms with E-state index in [1.807, 2.05) is 31.2 Å². The summed E-state index contributed by atoms with van der Waals surface area (Å²) in [4.78, 5) is 17.5. The Morgan fingerprint density at radius 2 is 1.80 bits per heavy atom. The number of carbonyl (C=O) groups is 1. The van der Waals surface area contributed by atoms with Crippen molar-refractivity contribution in [3.05, 3.63) is 65.2 Å². The smallest absolute Gasteiger partial charge is 0.283 e. The van der Waals surface area contributed by atoms with Crippen LogP contribution in [-0.4, -0.2) is 54.4 Å². The number of carbonyl (C=O) groups excluding carboxylic acids is 1. The van der Waals surface area contributed by atoms with Crippen LogP contribution in [0.2, 0.25) is 0 Å². The lowest BCUT2D eigenvalue weighted by atomic mass is 10.1. The molecule has 1 amide bonds. The Morgan fingerprint density at radius 3 is 2.51 bits per heavy atom. The molecule has 11 heteroatoms. The fourth-order valence-corrected chi connectivity index (χ4v) is 5.27. The summed E-state index contributed by atoms with van der Waals surface area (Å²) in [6, 6.07) is 14.9. The van der Waals surface area contributed by atoms with E-state index in [1.54, 1.807) is 24.3 Å². The lowest BCUT2D eigenvalue weighted by Crippen LogP contribution is -2.45. The van der Waals surface area contributed by atoms with Crippen LogP contribution in [0.15, 0.2) is 63.5 Å². The molecule has 0 fully saturated rings. The van der Waals surface area contributed by atoms with E-state index in [9.17, 15) is 13.2 Å². The maximum absolute atomic E-state index is 12.5. The topological polar surface area (TPSA) is 121 Å². The van der Waals surface area contributed by atoms with Gasteiger partial charge in [0.15, 0.2) is 0 Å². The van der Waals surface area contributed by atoms with Crippen LogP contribution in [0, 0.1) is 12.3 Å². The van der Waals surface area contributed by atoms with Gasteiger partial charge in [0.25, 0.3) is 5.91 Å². The zero-order chi connectivity index (χ0) is 25.0. The van der Waals surface area contributed by atoms with Gasteiger partial charge >= 0.3 is 0 Å². The second kappa shape index (κ2) is 10.4. The number of ether oxygens (including phenoxy) is 2. The first-order chi connectivity index (χ1) is 16.8. The van der Waals surface area contributed by atoms with Gasteiger partial charge in [0.1, 0.15) is 17.3 Å². The molecule has 2 aromatic rings. The van der Waals surface area contributed by atoms with E-state index in [4.69, 9.17) is 14.9 Å². The fourth-order valence-electron chi connectivity index (χ4n) is 3.31. The Bertz CT molecular complexity index is 1350. The average Bonchev–Trinajstić information content (AvgIpc) is 3.28. The largest absolute Gasteiger partial charge is 0.493 e. The number of nitrogens with zero attached hydrogens (tertiary/aromatic N) is 3. The summed E-state index contributed by atoms with van der Waals surface area (Å²) in [6.07, 6.45) is 2.22. The zero-order valence-corrected chi connectivity index (χ0v) is 20.9. The first-order valence-electron chi connectivity index (χ1n) is 10.9. The molecule has 0 radical (unpaired) electrons. The van der Waals surface area contributed by atoms with Crippen molar-refractivity contribution in [1.82, 2.24) is 4.90 Å². The monoisotopic (exact) mass is 512 g/mol. The highest BCUT2D eigenvalue weighted by Gasteiger charge is 2.42. The van der Waals surface area contributed by atoms with Gasteiger partial charge in [-0.05, 0) is 42.3 Å². The fraction of sp³-hybridized carbons (Fsp3) is 0.250. The number of para-hydroxylation sites is 1. The molecule has 182 valence electrons. The third-order valence-corrected chi connectivity index (χ3v) is 7.66. The van der Waals surface area contributed by atoms with Crippen LogP contribution in [0.1, 0.15) is 24.5 Å². The highest BCUT2D eigenvalue weighted by molar-refractivity contribution is 8.16. The molecule has 0 atom stereocenters. The number of nitrogens with one attached hydrogen (secondary N) is 1. The first kappa shape index (κ1) is 24.7. The minimum Gasteiger partial charge on any atom is -0.493 e. The van der Waals surface area contributed by atoms with Gasteiger partial charge in [0, 0.05) is 6.42 Å². The number of hydrogen-bond donors (Lipinski definition) is 1. The maximum Gasteiger partial charge on any atom is 0.283 e. The maximum atomic E-state index is 12.5. The van der Waals surface area contributed by atoms with Crippen LogP contribution in [0.4, 0.5) is 0 Å². The summed E-state index contributed by atoms with van der Waals surface area (Å²) in [6.45, 7) is 4.51. The molecule has 2 aliphatic rings. The van der Waals surface area contributed by atoms with Crippen LogP contribution in [0.25, 0.3) is 6.08 Å². The van der Waals surface area contributed by atoms with Crippen molar-refractivity contribution in [1.29, 1.82) is 5.41 Å². The van der Waals surface area contributed by atoms with Crippen LogP contribution < -0.4 is 9.47 Å². The van der Waals surface area contributed by atoms with Gasteiger partial charge < -0.3 is 9.47 Å². The number of aliphatic imine (C=N–C) groups is 1. The number of amides is 1. The Morgan fingerprint density at radius 1 is 1.09 bits per heavy atom. The van der Waals surface area contributed by atoms with E-state index < -0.39 is 15.7 Å². The third kappa shape index (κ3) is 5.46. The van der Waals surface area contributed by atoms with Crippen molar-refractivity contribution in [3.63, 3.8) is 0 Å². The molecule has 2 aliphatic heterocycles. The van der Waals surface area contributed by atoms with E-state index in [0.29, 0.717) is 30.9 Å². The number of benzene rings is 2. The predicted octanol–water partition coefficient (Wildman–Crippen LogP) is 3.85. The summed E-state index contributed by atoms with van der Waals surface area (Å²) in [7, 11) is -3.68. The van der Waals surface area contributed by atoms with Crippen LogP contribution in [-0.2, 0) is 14.6 Å². The van der Waals surface area contributed by atoms with Gasteiger partial charge in [-0.1, -0.05) is 37.3 Å². The molecule has 0 unspecified atom stereocenters. The molecule has 0 saturated carbocycles. The number of rotatable bonds is 8. The molecule has 4 rings (SSSR count). The molecule has 0 bridgehead atoms.